The van der Waals surface area contributed by atoms with Gasteiger partial charge >= 0.3 is 0 Å². The summed E-state index contributed by atoms with van der Waals surface area (Å²) < 4.78 is 5.44. The van der Waals surface area contributed by atoms with Gasteiger partial charge in [0.05, 0.1) is 24.3 Å². The number of hydrogen-bond acceptors (Lipinski definition) is 4. The molecule has 0 bridgehead atoms. The van der Waals surface area contributed by atoms with Crippen molar-refractivity contribution >= 4 is 22.6 Å². The van der Waals surface area contributed by atoms with E-state index in [0.717, 1.165) is 36.2 Å². The Morgan fingerprint density at radius 1 is 1.19 bits per heavy atom. The van der Waals surface area contributed by atoms with Crippen LogP contribution in [0, 0.1) is 0 Å². The van der Waals surface area contributed by atoms with Crippen molar-refractivity contribution in [2.75, 3.05) is 37.7 Å². The summed E-state index contributed by atoms with van der Waals surface area (Å²) in [6, 6.07) is 9.81. The number of hydrogen-bond donors (Lipinski definition) is 1. The van der Waals surface area contributed by atoms with Crippen LogP contribution in [0.15, 0.2) is 42.0 Å². The molecule has 1 aromatic heterocycles. The zero-order chi connectivity index (χ0) is 18.5. The molecule has 1 N–H and O–H groups in total. The van der Waals surface area contributed by atoms with E-state index in [1.54, 1.807) is 0 Å². The Kier molecular flexibility index (Phi) is 5.68. The number of rotatable bonds is 5. The van der Waals surface area contributed by atoms with Gasteiger partial charge in [0, 0.05) is 25.0 Å². The van der Waals surface area contributed by atoms with Gasteiger partial charge in [-0.05, 0) is 44.2 Å². The lowest BCUT2D eigenvalue weighted by Gasteiger charge is -2.28. The molecule has 0 spiro atoms. The number of carbonyl (C=O) groups is 1. The number of ether oxygens (including phenoxy) is 1. The number of anilines is 1. The topological polar surface area (TPSA) is 54.5 Å². The number of para-hydroxylation sites is 1. The lowest BCUT2D eigenvalue weighted by atomic mass is 9.97. The fraction of sp³-hybridized carbons (Fsp3) is 0.455. The Bertz CT molecular complexity index is 841. The molecule has 1 saturated heterocycles. The van der Waals surface area contributed by atoms with Gasteiger partial charge in [0.15, 0.2) is 0 Å². The van der Waals surface area contributed by atoms with E-state index in [9.17, 15) is 4.79 Å². The first-order chi connectivity index (χ1) is 13.3. The number of allylic oxidation sites excluding steroid dienone is 1. The third-order valence-corrected chi connectivity index (χ3v) is 5.40. The van der Waals surface area contributed by atoms with Gasteiger partial charge in [-0.15, -0.1) is 0 Å². The van der Waals surface area contributed by atoms with Crippen LogP contribution in [-0.2, 0) is 4.74 Å². The minimum absolute atomic E-state index is 0.0143. The summed E-state index contributed by atoms with van der Waals surface area (Å²) >= 11 is 0. The first-order valence-electron chi connectivity index (χ1n) is 10.00. The number of benzene rings is 1. The van der Waals surface area contributed by atoms with Crippen LogP contribution < -0.4 is 10.2 Å². The van der Waals surface area contributed by atoms with Gasteiger partial charge in [-0.25, -0.2) is 4.98 Å². The Morgan fingerprint density at radius 3 is 2.85 bits per heavy atom. The summed E-state index contributed by atoms with van der Waals surface area (Å²) in [5, 5.41) is 4.02. The maximum Gasteiger partial charge on any atom is 0.252 e. The first kappa shape index (κ1) is 18.0. The van der Waals surface area contributed by atoms with Crippen LogP contribution >= 0.6 is 0 Å². The number of fused-ring (bicyclic) bond motifs is 1. The standard InChI is InChI=1S/C22H27N3O2/c26-22(23-11-10-17-6-2-1-3-7-17)19-16-21(25-12-14-27-15-13-25)24-20-9-5-4-8-18(19)20/h4-6,8-9,16H,1-3,7,10-15H2,(H,23,26). The molecule has 1 aliphatic heterocycles. The highest BCUT2D eigenvalue weighted by atomic mass is 16.5. The summed E-state index contributed by atoms with van der Waals surface area (Å²) in [6.45, 7) is 3.70. The van der Waals surface area contributed by atoms with Crippen molar-refractivity contribution < 1.29 is 9.53 Å². The molecule has 1 aromatic carbocycles. The van der Waals surface area contributed by atoms with E-state index in [1.807, 2.05) is 30.3 Å². The molecule has 5 nitrogen and oxygen atoms in total. The Balaban J connectivity index is 1.53. The molecule has 4 rings (SSSR count). The van der Waals surface area contributed by atoms with Gasteiger partial charge < -0.3 is 15.0 Å². The highest BCUT2D eigenvalue weighted by molar-refractivity contribution is 6.07. The van der Waals surface area contributed by atoms with Crippen molar-refractivity contribution in [1.82, 2.24) is 10.3 Å². The van der Waals surface area contributed by atoms with E-state index in [2.05, 4.69) is 16.3 Å². The number of carbonyl (C=O) groups excluding carboxylic acids is 1. The summed E-state index contributed by atoms with van der Waals surface area (Å²) in [5.74, 6) is 0.844. The molecule has 0 saturated carbocycles. The first-order valence-corrected chi connectivity index (χ1v) is 10.00. The lowest BCUT2D eigenvalue weighted by molar-refractivity contribution is 0.0955. The molecule has 142 valence electrons. The molecule has 1 aliphatic carbocycles. The highest BCUT2D eigenvalue weighted by Gasteiger charge is 2.18. The van der Waals surface area contributed by atoms with Crippen molar-refractivity contribution in [2.24, 2.45) is 0 Å². The van der Waals surface area contributed by atoms with E-state index in [0.29, 0.717) is 25.3 Å². The summed E-state index contributed by atoms with van der Waals surface area (Å²) in [4.78, 5) is 19.9. The van der Waals surface area contributed by atoms with Crippen LogP contribution in [0.3, 0.4) is 0 Å². The molecule has 2 heterocycles. The number of nitrogens with zero attached hydrogens (tertiary/aromatic N) is 2. The lowest BCUT2D eigenvalue weighted by Crippen LogP contribution is -2.37. The van der Waals surface area contributed by atoms with E-state index >= 15 is 0 Å². The van der Waals surface area contributed by atoms with E-state index < -0.39 is 0 Å². The molecular formula is C22H27N3O2. The smallest absolute Gasteiger partial charge is 0.252 e. The number of pyridine rings is 1. The summed E-state index contributed by atoms with van der Waals surface area (Å²) in [5.41, 5.74) is 3.05. The minimum atomic E-state index is -0.0143. The van der Waals surface area contributed by atoms with Crippen molar-refractivity contribution in [3.8, 4) is 0 Å². The molecule has 1 fully saturated rings. The second-order valence-corrected chi connectivity index (χ2v) is 7.26. The number of amides is 1. The second kappa shape index (κ2) is 8.53. The highest BCUT2D eigenvalue weighted by Crippen LogP contribution is 2.24. The van der Waals surface area contributed by atoms with Gasteiger partial charge in [0.25, 0.3) is 5.91 Å². The third kappa shape index (κ3) is 4.30. The van der Waals surface area contributed by atoms with Crippen LogP contribution in [0.2, 0.25) is 0 Å². The predicted octanol–water partition coefficient (Wildman–Crippen LogP) is 3.69. The predicted molar refractivity (Wildman–Crippen MR) is 108 cm³/mol. The van der Waals surface area contributed by atoms with Crippen molar-refractivity contribution in [1.29, 1.82) is 0 Å². The van der Waals surface area contributed by atoms with Crippen LogP contribution in [0.5, 0.6) is 0 Å². The van der Waals surface area contributed by atoms with Crippen LogP contribution in [0.4, 0.5) is 5.82 Å². The third-order valence-electron chi connectivity index (χ3n) is 5.40. The second-order valence-electron chi connectivity index (χ2n) is 7.26. The van der Waals surface area contributed by atoms with E-state index in [-0.39, 0.29) is 5.91 Å². The number of nitrogens with one attached hydrogen (secondary N) is 1. The fourth-order valence-corrected chi connectivity index (χ4v) is 3.87. The van der Waals surface area contributed by atoms with E-state index in [1.165, 1.54) is 31.3 Å². The number of morpholine rings is 1. The molecule has 5 heteroatoms. The van der Waals surface area contributed by atoms with Gasteiger partial charge in [0.2, 0.25) is 0 Å². The van der Waals surface area contributed by atoms with E-state index in [4.69, 9.17) is 9.72 Å². The molecule has 0 atom stereocenters. The largest absolute Gasteiger partial charge is 0.378 e. The van der Waals surface area contributed by atoms with Crippen LogP contribution in [-0.4, -0.2) is 43.7 Å². The van der Waals surface area contributed by atoms with Crippen LogP contribution in [0.1, 0.15) is 42.5 Å². The average molecular weight is 365 g/mol. The Labute approximate surface area is 160 Å². The van der Waals surface area contributed by atoms with Gasteiger partial charge in [-0.2, -0.15) is 0 Å². The molecular weight excluding hydrogens is 338 g/mol. The molecule has 2 aliphatic rings. The van der Waals surface area contributed by atoms with Gasteiger partial charge in [-0.3, -0.25) is 4.79 Å². The van der Waals surface area contributed by atoms with Crippen LogP contribution in [0.25, 0.3) is 10.9 Å². The fourth-order valence-electron chi connectivity index (χ4n) is 3.87. The molecule has 0 unspecified atom stereocenters. The average Bonchev–Trinajstić information content (AvgIpc) is 2.74. The Hall–Kier alpha value is -2.40. The normalized spacial score (nSPS) is 17.6. The maximum atomic E-state index is 12.9. The zero-order valence-corrected chi connectivity index (χ0v) is 15.7. The summed E-state index contributed by atoms with van der Waals surface area (Å²) in [6.07, 6.45) is 8.22. The monoisotopic (exact) mass is 365 g/mol. The maximum absolute atomic E-state index is 12.9. The molecule has 1 amide bonds. The number of aromatic nitrogens is 1. The zero-order valence-electron chi connectivity index (χ0n) is 15.7. The van der Waals surface area contributed by atoms with Crippen molar-refractivity contribution in [2.45, 2.75) is 32.1 Å². The quantitative estimate of drug-likeness (QED) is 0.821. The molecule has 27 heavy (non-hydrogen) atoms. The minimum Gasteiger partial charge on any atom is -0.378 e. The molecule has 2 aromatic rings. The summed E-state index contributed by atoms with van der Waals surface area (Å²) in [7, 11) is 0. The SMILES string of the molecule is O=C(NCCC1=CCCCC1)c1cc(N2CCOCC2)nc2ccccc12. The Morgan fingerprint density at radius 2 is 2.04 bits per heavy atom. The van der Waals surface area contributed by atoms with Gasteiger partial charge in [-0.1, -0.05) is 29.8 Å². The van der Waals surface area contributed by atoms with Crippen molar-refractivity contribution in [3.05, 3.63) is 47.5 Å². The van der Waals surface area contributed by atoms with Crippen molar-refractivity contribution in [3.63, 3.8) is 0 Å². The van der Waals surface area contributed by atoms with Gasteiger partial charge in [0.1, 0.15) is 5.82 Å². The molecule has 0 radical (unpaired) electrons.